The van der Waals surface area contributed by atoms with Crippen LogP contribution in [0.25, 0.3) is 0 Å². The van der Waals surface area contributed by atoms with Crippen molar-refractivity contribution in [2.24, 2.45) is 5.92 Å². The van der Waals surface area contributed by atoms with Crippen LogP contribution in [-0.4, -0.2) is 52.3 Å². The van der Waals surface area contributed by atoms with E-state index in [4.69, 9.17) is 14.2 Å². The summed E-state index contributed by atoms with van der Waals surface area (Å²) in [5.41, 5.74) is 0.977. The van der Waals surface area contributed by atoms with Crippen molar-refractivity contribution < 1.29 is 18.4 Å². The average molecular weight is 455 g/mol. The van der Waals surface area contributed by atoms with Gasteiger partial charge in [0.2, 0.25) is 0 Å². The molecule has 0 amide bonds. The Labute approximate surface area is 193 Å². The molecule has 0 aromatic carbocycles. The molecule has 0 radical (unpaired) electrons. The van der Waals surface area contributed by atoms with Crippen molar-refractivity contribution in [3.8, 4) is 0 Å². The van der Waals surface area contributed by atoms with Crippen LogP contribution in [0, 0.1) is 5.92 Å². The fraction of sp³-hybridized carbons (Fsp3) is 0.923. The molecule has 1 spiro atoms. The van der Waals surface area contributed by atoms with E-state index in [0.29, 0.717) is 0 Å². The molecule has 180 valence electrons. The molecule has 0 aromatic rings. The smallest absolute Gasteiger partial charge is 0.100 e. The molecule has 2 heterocycles. The summed E-state index contributed by atoms with van der Waals surface area (Å²) < 4.78 is 31.7. The SMILES string of the molecule is CCCCCCCCCCS(=O)[C@@H]1CC[C@]2(CO2)C(C2(C)O[C@@H]2CC=C(C)C)[C@@H]1OC. The fourth-order valence-electron chi connectivity index (χ4n) is 5.75. The van der Waals surface area contributed by atoms with Gasteiger partial charge in [0.15, 0.2) is 0 Å². The molecule has 0 N–H and O–H groups in total. The molecule has 2 saturated heterocycles. The molecule has 3 fully saturated rings. The van der Waals surface area contributed by atoms with Crippen LogP contribution in [0.4, 0.5) is 0 Å². The van der Waals surface area contributed by atoms with Gasteiger partial charge < -0.3 is 14.2 Å². The molecule has 3 aliphatic rings. The van der Waals surface area contributed by atoms with E-state index >= 15 is 0 Å². The molecule has 0 aromatic heterocycles. The van der Waals surface area contributed by atoms with Crippen molar-refractivity contribution >= 4 is 10.8 Å². The lowest BCUT2D eigenvalue weighted by Gasteiger charge is -2.43. The van der Waals surface area contributed by atoms with Crippen molar-refractivity contribution in [2.45, 2.75) is 127 Å². The molecule has 3 rings (SSSR count). The Morgan fingerprint density at radius 1 is 1.13 bits per heavy atom. The normalized spacial score (nSPS) is 37.6. The highest BCUT2D eigenvalue weighted by atomic mass is 32.2. The molecule has 4 nitrogen and oxygen atoms in total. The van der Waals surface area contributed by atoms with Crippen molar-refractivity contribution in [3.63, 3.8) is 0 Å². The van der Waals surface area contributed by atoms with E-state index in [2.05, 4.69) is 33.8 Å². The second-order valence-electron chi connectivity index (χ2n) is 10.5. The maximum Gasteiger partial charge on any atom is 0.100 e. The van der Waals surface area contributed by atoms with E-state index in [1.807, 2.05) is 0 Å². The lowest BCUT2D eigenvalue weighted by atomic mass is 9.69. The first-order valence-corrected chi connectivity index (χ1v) is 14.1. The van der Waals surface area contributed by atoms with Crippen LogP contribution in [-0.2, 0) is 25.0 Å². The van der Waals surface area contributed by atoms with Crippen molar-refractivity contribution in [2.75, 3.05) is 19.5 Å². The van der Waals surface area contributed by atoms with Gasteiger partial charge in [-0.15, -0.1) is 0 Å². The Morgan fingerprint density at radius 3 is 2.35 bits per heavy atom. The first-order valence-electron chi connectivity index (χ1n) is 12.7. The minimum absolute atomic E-state index is 0.0483. The Balaban J connectivity index is 1.53. The summed E-state index contributed by atoms with van der Waals surface area (Å²) >= 11 is 0. The van der Waals surface area contributed by atoms with E-state index < -0.39 is 10.8 Å². The van der Waals surface area contributed by atoms with Gasteiger partial charge in [0.1, 0.15) is 5.60 Å². The van der Waals surface area contributed by atoms with E-state index in [9.17, 15) is 4.21 Å². The van der Waals surface area contributed by atoms with Gasteiger partial charge in [0.25, 0.3) is 0 Å². The van der Waals surface area contributed by atoms with Crippen molar-refractivity contribution in [3.05, 3.63) is 11.6 Å². The number of hydrogen-bond acceptors (Lipinski definition) is 4. The predicted octanol–water partition coefficient (Wildman–Crippen LogP) is 5.95. The lowest BCUT2D eigenvalue weighted by molar-refractivity contribution is -0.0458. The fourth-order valence-corrected chi connectivity index (χ4v) is 7.49. The van der Waals surface area contributed by atoms with Gasteiger partial charge in [-0.05, 0) is 46.5 Å². The van der Waals surface area contributed by atoms with Gasteiger partial charge in [0, 0.05) is 29.6 Å². The van der Waals surface area contributed by atoms with Crippen LogP contribution in [0.2, 0.25) is 0 Å². The van der Waals surface area contributed by atoms with Crippen LogP contribution in [0.1, 0.15) is 98.3 Å². The van der Waals surface area contributed by atoms with Crippen LogP contribution < -0.4 is 0 Å². The Kier molecular flexibility index (Phi) is 9.23. The molecule has 31 heavy (non-hydrogen) atoms. The van der Waals surface area contributed by atoms with Gasteiger partial charge in [0.05, 0.1) is 29.7 Å². The Bertz CT molecular complexity index is 625. The maximum atomic E-state index is 13.3. The number of unbranched alkanes of at least 4 members (excludes halogenated alkanes) is 7. The first kappa shape index (κ1) is 25.4. The Hall–Kier alpha value is -0.230. The maximum absolute atomic E-state index is 13.3. The van der Waals surface area contributed by atoms with Crippen LogP contribution in [0.5, 0.6) is 0 Å². The van der Waals surface area contributed by atoms with E-state index in [-0.39, 0.29) is 34.6 Å². The number of hydrogen-bond donors (Lipinski definition) is 0. The van der Waals surface area contributed by atoms with E-state index in [1.165, 1.54) is 50.5 Å². The highest BCUT2D eigenvalue weighted by Crippen LogP contribution is 2.59. The third-order valence-electron chi connectivity index (χ3n) is 7.77. The number of methoxy groups -OCH3 is 1. The van der Waals surface area contributed by atoms with Crippen LogP contribution in [0.3, 0.4) is 0 Å². The summed E-state index contributed by atoms with van der Waals surface area (Å²) in [6, 6.07) is 0. The summed E-state index contributed by atoms with van der Waals surface area (Å²) in [4.78, 5) is 0. The second kappa shape index (κ2) is 11.3. The van der Waals surface area contributed by atoms with Gasteiger partial charge >= 0.3 is 0 Å². The zero-order valence-corrected chi connectivity index (χ0v) is 21.4. The molecule has 0 bridgehead atoms. The van der Waals surface area contributed by atoms with E-state index in [1.54, 1.807) is 7.11 Å². The van der Waals surface area contributed by atoms with Gasteiger partial charge in [-0.1, -0.05) is 63.5 Å². The minimum atomic E-state index is -0.850. The zero-order chi connectivity index (χ0) is 22.5. The first-order chi connectivity index (χ1) is 14.9. The van der Waals surface area contributed by atoms with Gasteiger partial charge in [-0.3, -0.25) is 4.21 Å². The van der Waals surface area contributed by atoms with Gasteiger partial charge in [-0.25, -0.2) is 0 Å². The second-order valence-corrected chi connectivity index (χ2v) is 12.3. The van der Waals surface area contributed by atoms with E-state index in [0.717, 1.165) is 38.0 Å². The predicted molar refractivity (Wildman–Crippen MR) is 129 cm³/mol. The molecule has 7 atom stereocenters. The molecular weight excluding hydrogens is 408 g/mol. The third-order valence-corrected chi connectivity index (χ3v) is 9.64. The van der Waals surface area contributed by atoms with Crippen molar-refractivity contribution in [1.82, 2.24) is 0 Å². The molecule has 1 saturated carbocycles. The highest BCUT2D eigenvalue weighted by molar-refractivity contribution is 7.85. The molecule has 2 aliphatic heterocycles. The summed E-state index contributed by atoms with van der Waals surface area (Å²) in [5.74, 6) is 0.973. The lowest BCUT2D eigenvalue weighted by Crippen LogP contribution is -2.55. The number of rotatable bonds is 14. The summed E-state index contributed by atoms with van der Waals surface area (Å²) in [7, 11) is 0.938. The number of ether oxygens (including phenoxy) is 3. The molecule has 1 aliphatic carbocycles. The topological polar surface area (TPSA) is 51.4 Å². The summed E-state index contributed by atoms with van der Waals surface area (Å²) in [5, 5.41) is 0.0968. The molecular formula is C26H46O4S. The van der Waals surface area contributed by atoms with Crippen molar-refractivity contribution in [1.29, 1.82) is 0 Å². The standard InChI is InChI=1S/C26H46O4S/c1-6-7-8-9-10-11-12-13-18-31(27)21-16-17-26(19-29-26)24(23(21)28-5)25(4)22(30-25)15-14-20(2)3/h14,21-24H,6-13,15-19H2,1-5H3/t21-,22-,23-,24?,25?,26+,31?/m1/s1. The van der Waals surface area contributed by atoms with Crippen LogP contribution in [0.15, 0.2) is 11.6 Å². The minimum Gasteiger partial charge on any atom is -0.380 e. The summed E-state index contributed by atoms with van der Waals surface area (Å²) in [6.45, 7) is 9.54. The number of epoxide rings is 2. The number of allylic oxidation sites excluding steroid dienone is 1. The molecule has 3 unspecified atom stereocenters. The summed E-state index contributed by atoms with van der Waals surface area (Å²) in [6.07, 6.45) is 15.5. The highest BCUT2D eigenvalue weighted by Gasteiger charge is 2.72. The van der Waals surface area contributed by atoms with Gasteiger partial charge in [-0.2, -0.15) is 0 Å². The quantitative estimate of drug-likeness (QED) is 0.185. The monoisotopic (exact) mass is 454 g/mol. The zero-order valence-electron chi connectivity index (χ0n) is 20.6. The van der Waals surface area contributed by atoms with Crippen LogP contribution >= 0.6 is 0 Å². The third kappa shape index (κ3) is 6.22. The Morgan fingerprint density at radius 2 is 1.77 bits per heavy atom. The largest absolute Gasteiger partial charge is 0.380 e. The average Bonchev–Trinajstić information content (AvgIpc) is 3.65. The molecule has 5 heteroatoms.